The third-order valence-corrected chi connectivity index (χ3v) is 3.44. The van der Waals surface area contributed by atoms with Crippen LogP contribution in [0.3, 0.4) is 0 Å². The van der Waals surface area contributed by atoms with E-state index < -0.39 is 0 Å². The number of benzene rings is 1. The fraction of sp³-hybridized carbons (Fsp3) is 0.333. The normalized spacial score (nSPS) is 10.7. The second-order valence-corrected chi connectivity index (χ2v) is 5.81. The fourth-order valence-corrected chi connectivity index (χ4v) is 2.26. The van der Waals surface area contributed by atoms with Crippen molar-refractivity contribution in [1.29, 1.82) is 0 Å². The molecule has 1 heterocycles. The largest absolute Gasteiger partial charge is 0.366 e. The zero-order chi connectivity index (χ0) is 17.5. The van der Waals surface area contributed by atoms with E-state index in [1.165, 1.54) is 12.3 Å². The molecule has 0 saturated heterocycles. The van der Waals surface area contributed by atoms with E-state index in [0.717, 1.165) is 5.56 Å². The molecule has 2 N–H and O–H groups in total. The lowest BCUT2D eigenvalue weighted by atomic mass is 10.1. The number of aromatic nitrogens is 1. The Balaban J connectivity index is 1.95. The summed E-state index contributed by atoms with van der Waals surface area (Å²) >= 11 is 0. The Hall–Kier alpha value is -2.47. The van der Waals surface area contributed by atoms with E-state index in [0.29, 0.717) is 36.6 Å². The van der Waals surface area contributed by atoms with Gasteiger partial charge >= 0.3 is 0 Å². The molecular formula is C18H23FN4O. The van der Waals surface area contributed by atoms with E-state index in [1.54, 1.807) is 18.2 Å². The SMILES string of the molecule is CCNC(=O)c1ccc(NCc2ccc(CN(C)C)c(F)c2)nc1. The van der Waals surface area contributed by atoms with Crippen molar-refractivity contribution in [1.82, 2.24) is 15.2 Å². The predicted molar refractivity (Wildman–Crippen MR) is 93.4 cm³/mol. The summed E-state index contributed by atoms with van der Waals surface area (Å²) in [6, 6.07) is 8.69. The van der Waals surface area contributed by atoms with Gasteiger partial charge in [-0.2, -0.15) is 0 Å². The van der Waals surface area contributed by atoms with Crippen molar-refractivity contribution < 1.29 is 9.18 Å². The molecule has 0 bridgehead atoms. The maximum absolute atomic E-state index is 14.0. The molecular weight excluding hydrogens is 307 g/mol. The average molecular weight is 330 g/mol. The molecule has 0 atom stereocenters. The number of carbonyl (C=O) groups excluding carboxylic acids is 1. The summed E-state index contributed by atoms with van der Waals surface area (Å²) in [6.45, 7) is 3.48. The van der Waals surface area contributed by atoms with Crippen molar-refractivity contribution in [2.45, 2.75) is 20.0 Å². The number of nitrogens with one attached hydrogen (secondary N) is 2. The quantitative estimate of drug-likeness (QED) is 0.819. The highest BCUT2D eigenvalue weighted by molar-refractivity contribution is 5.93. The fourth-order valence-electron chi connectivity index (χ4n) is 2.26. The van der Waals surface area contributed by atoms with Crippen LogP contribution in [0.1, 0.15) is 28.4 Å². The van der Waals surface area contributed by atoms with Crippen molar-refractivity contribution in [3.8, 4) is 0 Å². The number of pyridine rings is 1. The first kappa shape index (κ1) is 17.9. The van der Waals surface area contributed by atoms with Crippen LogP contribution < -0.4 is 10.6 Å². The number of hydrogen-bond acceptors (Lipinski definition) is 4. The summed E-state index contributed by atoms with van der Waals surface area (Å²) < 4.78 is 14.0. The van der Waals surface area contributed by atoms with Gasteiger partial charge in [0.15, 0.2) is 0 Å². The Bertz CT molecular complexity index is 686. The smallest absolute Gasteiger partial charge is 0.252 e. The minimum Gasteiger partial charge on any atom is -0.366 e. The van der Waals surface area contributed by atoms with Gasteiger partial charge in [0.1, 0.15) is 11.6 Å². The van der Waals surface area contributed by atoms with Crippen LogP contribution >= 0.6 is 0 Å². The lowest BCUT2D eigenvalue weighted by Gasteiger charge is -2.12. The van der Waals surface area contributed by atoms with E-state index >= 15 is 0 Å². The molecule has 1 amide bonds. The first-order chi connectivity index (χ1) is 11.5. The maximum atomic E-state index is 14.0. The highest BCUT2D eigenvalue weighted by Crippen LogP contribution is 2.14. The number of rotatable bonds is 7. The molecule has 0 radical (unpaired) electrons. The van der Waals surface area contributed by atoms with Crippen molar-refractivity contribution in [2.75, 3.05) is 26.0 Å². The van der Waals surface area contributed by atoms with Gasteiger partial charge in [0.2, 0.25) is 0 Å². The van der Waals surface area contributed by atoms with Gasteiger partial charge in [-0.25, -0.2) is 9.37 Å². The monoisotopic (exact) mass is 330 g/mol. The molecule has 6 heteroatoms. The third kappa shape index (κ3) is 5.03. The van der Waals surface area contributed by atoms with Crippen LogP contribution in [0.25, 0.3) is 0 Å². The zero-order valence-electron chi connectivity index (χ0n) is 14.3. The third-order valence-electron chi connectivity index (χ3n) is 3.44. The van der Waals surface area contributed by atoms with Crippen molar-refractivity contribution in [3.05, 3.63) is 59.0 Å². The van der Waals surface area contributed by atoms with Gasteiger partial charge in [-0.3, -0.25) is 4.79 Å². The Morgan fingerprint density at radius 2 is 2.04 bits per heavy atom. The molecule has 0 fully saturated rings. The molecule has 0 saturated carbocycles. The molecule has 5 nitrogen and oxygen atoms in total. The van der Waals surface area contributed by atoms with Crippen molar-refractivity contribution >= 4 is 11.7 Å². The summed E-state index contributed by atoms with van der Waals surface area (Å²) in [5, 5.41) is 5.85. The Morgan fingerprint density at radius 1 is 1.25 bits per heavy atom. The van der Waals surface area contributed by atoms with Crippen LogP contribution in [0, 0.1) is 5.82 Å². The molecule has 24 heavy (non-hydrogen) atoms. The van der Waals surface area contributed by atoms with Gasteiger partial charge < -0.3 is 15.5 Å². The number of hydrogen-bond donors (Lipinski definition) is 2. The van der Waals surface area contributed by atoms with E-state index in [9.17, 15) is 9.18 Å². The van der Waals surface area contributed by atoms with E-state index in [1.807, 2.05) is 32.0 Å². The predicted octanol–water partition coefficient (Wildman–Crippen LogP) is 2.64. The number of nitrogens with zero attached hydrogens (tertiary/aromatic N) is 2. The molecule has 0 aliphatic carbocycles. The molecule has 0 spiro atoms. The van der Waals surface area contributed by atoms with Crippen molar-refractivity contribution in [2.24, 2.45) is 0 Å². The average Bonchev–Trinajstić information content (AvgIpc) is 2.55. The molecule has 0 aliphatic heterocycles. The van der Waals surface area contributed by atoms with Crippen LogP contribution in [0.4, 0.5) is 10.2 Å². The zero-order valence-corrected chi connectivity index (χ0v) is 14.3. The van der Waals surface area contributed by atoms with Crippen LogP contribution in [0.5, 0.6) is 0 Å². The Morgan fingerprint density at radius 3 is 2.62 bits per heavy atom. The van der Waals surface area contributed by atoms with E-state index in [4.69, 9.17) is 0 Å². The highest BCUT2D eigenvalue weighted by atomic mass is 19.1. The highest BCUT2D eigenvalue weighted by Gasteiger charge is 2.06. The Labute approximate surface area is 141 Å². The van der Waals surface area contributed by atoms with Crippen LogP contribution in [0.2, 0.25) is 0 Å². The number of anilines is 1. The van der Waals surface area contributed by atoms with E-state index in [-0.39, 0.29) is 11.7 Å². The molecule has 1 aromatic carbocycles. The molecule has 1 aromatic heterocycles. The first-order valence-electron chi connectivity index (χ1n) is 7.89. The van der Waals surface area contributed by atoms with Gasteiger partial charge in [-0.15, -0.1) is 0 Å². The van der Waals surface area contributed by atoms with Crippen LogP contribution in [0.15, 0.2) is 36.5 Å². The second-order valence-electron chi connectivity index (χ2n) is 5.81. The number of amides is 1. The molecule has 2 aromatic rings. The maximum Gasteiger partial charge on any atom is 0.252 e. The van der Waals surface area contributed by atoms with Gasteiger partial charge in [0, 0.05) is 31.4 Å². The van der Waals surface area contributed by atoms with Gasteiger partial charge in [0.05, 0.1) is 5.56 Å². The van der Waals surface area contributed by atoms with Crippen LogP contribution in [-0.4, -0.2) is 36.4 Å². The van der Waals surface area contributed by atoms with Crippen molar-refractivity contribution in [3.63, 3.8) is 0 Å². The van der Waals surface area contributed by atoms with Crippen LogP contribution in [-0.2, 0) is 13.1 Å². The Kier molecular flexibility index (Phi) is 6.26. The summed E-state index contributed by atoms with van der Waals surface area (Å²) in [5.74, 6) is 0.290. The molecule has 0 unspecified atom stereocenters. The number of carbonyl (C=O) groups is 1. The minimum absolute atomic E-state index is 0.143. The van der Waals surface area contributed by atoms with Gasteiger partial charge in [-0.05, 0) is 44.8 Å². The lowest BCUT2D eigenvalue weighted by molar-refractivity contribution is 0.0955. The van der Waals surface area contributed by atoms with Gasteiger partial charge in [-0.1, -0.05) is 12.1 Å². The molecule has 128 valence electrons. The summed E-state index contributed by atoms with van der Waals surface area (Å²) in [5.41, 5.74) is 2.03. The lowest BCUT2D eigenvalue weighted by Crippen LogP contribution is -2.22. The summed E-state index contributed by atoms with van der Waals surface area (Å²) in [7, 11) is 3.82. The minimum atomic E-state index is -0.206. The molecule has 2 rings (SSSR count). The summed E-state index contributed by atoms with van der Waals surface area (Å²) in [4.78, 5) is 17.8. The van der Waals surface area contributed by atoms with E-state index in [2.05, 4.69) is 15.6 Å². The standard InChI is InChI=1S/C18H23FN4O/c1-4-20-18(24)14-7-8-17(22-11-14)21-10-13-5-6-15(12-23(2)3)16(19)9-13/h5-9,11H,4,10,12H2,1-3H3,(H,20,24)(H,21,22). The summed E-state index contributed by atoms with van der Waals surface area (Å²) in [6.07, 6.45) is 1.52. The first-order valence-corrected chi connectivity index (χ1v) is 7.89. The topological polar surface area (TPSA) is 57.3 Å². The molecule has 0 aliphatic rings. The van der Waals surface area contributed by atoms with Gasteiger partial charge in [0.25, 0.3) is 5.91 Å². The number of halogens is 1. The second kappa shape index (κ2) is 8.40.